The summed E-state index contributed by atoms with van der Waals surface area (Å²) in [4.78, 5) is 30.7. The van der Waals surface area contributed by atoms with Gasteiger partial charge < -0.3 is 9.30 Å². The smallest absolute Gasteiger partial charge is 0.332 e. The van der Waals surface area contributed by atoms with Crippen molar-refractivity contribution in [3.63, 3.8) is 0 Å². The summed E-state index contributed by atoms with van der Waals surface area (Å²) in [5, 5.41) is 0. The molecule has 1 aromatic carbocycles. The summed E-state index contributed by atoms with van der Waals surface area (Å²) in [6.07, 6.45) is 2.67. The van der Waals surface area contributed by atoms with Crippen molar-refractivity contribution in [3.8, 4) is 5.75 Å². The number of aryl methyl sites for hydroxylation is 2. The van der Waals surface area contributed by atoms with Crippen LogP contribution in [0.3, 0.4) is 0 Å². The number of rotatable bonds is 6. The maximum absolute atomic E-state index is 13.2. The molecule has 0 bridgehead atoms. The van der Waals surface area contributed by atoms with Crippen molar-refractivity contribution in [2.45, 2.75) is 40.3 Å². The zero-order chi connectivity index (χ0) is 21.6. The van der Waals surface area contributed by atoms with E-state index in [4.69, 9.17) is 4.74 Å². The second-order valence-corrected chi connectivity index (χ2v) is 8.14. The summed E-state index contributed by atoms with van der Waals surface area (Å²) in [6.45, 7) is 7.15. The fraction of sp³-hybridized carbons (Fsp3) is 0.409. The first kappa shape index (κ1) is 20.0. The van der Waals surface area contributed by atoms with Crippen molar-refractivity contribution in [2.24, 2.45) is 13.0 Å². The van der Waals surface area contributed by atoms with Gasteiger partial charge in [0.2, 0.25) is 5.78 Å². The molecule has 0 aliphatic carbocycles. The summed E-state index contributed by atoms with van der Waals surface area (Å²) >= 11 is 0. The molecule has 0 spiro atoms. The van der Waals surface area contributed by atoms with Gasteiger partial charge in [-0.05, 0) is 37.0 Å². The molecular formula is C22H27N5O3. The average molecular weight is 409 g/mol. The number of hydrogen-bond donors (Lipinski definition) is 0. The Bertz CT molecular complexity index is 1340. The lowest BCUT2D eigenvalue weighted by atomic mass is 10.1. The summed E-state index contributed by atoms with van der Waals surface area (Å²) < 4.78 is 11.9. The number of methoxy groups -OCH3 is 1. The van der Waals surface area contributed by atoms with E-state index in [1.54, 1.807) is 14.2 Å². The van der Waals surface area contributed by atoms with Gasteiger partial charge in [-0.15, -0.1) is 0 Å². The van der Waals surface area contributed by atoms with E-state index in [0.29, 0.717) is 35.9 Å². The van der Waals surface area contributed by atoms with Gasteiger partial charge in [0, 0.05) is 25.5 Å². The Hall–Kier alpha value is -3.29. The Morgan fingerprint density at radius 3 is 2.43 bits per heavy atom. The minimum absolute atomic E-state index is 0.289. The first-order valence-corrected chi connectivity index (χ1v) is 10.1. The highest BCUT2D eigenvalue weighted by molar-refractivity contribution is 5.75. The Labute approximate surface area is 174 Å². The second kappa shape index (κ2) is 7.51. The van der Waals surface area contributed by atoms with Gasteiger partial charge in [-0.25, -0.2) is 4.79 Å². The lowest BCUT2D eigenvalue weighted by Crippen LogP contribution is -2.39. The Balaban J connectivity index is 1.88. The van der Waals surface area contributed by atoms with Crippen LogP contribution in [0.25, 0.3) is 16.9 Å². The van der Waals surface area contributed by atoms with Crippen LogP contribution < -0.4 is 16.0 Å². The van der Waals surface area contributed by atoms with Crippen LogP contribution in [0.4, 0.5) is 0 Å². The lowest BCUT2D eigenvalue weighted by molar-refractivity contribution is 0.414. The van der Waals surface area contributed by atoms with E-state index in [-0.39, 0.29) is 11.2 Å². The largest absolute Gasteiger partial charge is 0.497 e. The van der Waals surface area contributed by atoms with Gasteiger partial charge in [-0.1, -0.05) is 26.0 Å². The van der Waals surface area contributed by atoms with E-state index in [9.17, 15) is 9.59 Å². The van der Waals surface area contributed by atoms with E-state index in [1.807, 2.05) is 46.4 Å². The molecule has 0 unspecified atom stereocenters. The molecule has 0 aliphatic heterocycles. The molecule has 0 radical (unpaired) electrons. The van der Waals surface area contributed by atoms with Gasteiger partial charge in [0.1, 0.15) is 5.75 Å². The van der Waals surface area contributed by atoms with E-state index in [2.05, 4.69) is 18.8 Å². The Kier molecular flexibility index (Phi) is 5.01. The van der Waals surface area contributed by atoms with Crippen LogP contribution in [0, 0.1) is 12.8 Å². The fourth-order valence-corrected chi connectivity index (χ4v) is 3.75. The number of hydrogen-bond acceptors (Lipinski definition) is 4. The maximum atomic E-state index is 13.2. The predicted octanol–water partition coefficient (Wildman–Crippen LogP) is 2.56. The third-order valence-electron chi connectivity index (χ3n) is 5.57. The molecule has 4 rings (SSSR count). The molecule has 0 fully saturated rings. The molecule has 0 aliphatic rings. The first-order valence-electron chi connectivity index (χ1n) is 10.1. The maximum Gasteiger partial charge on any atom is 0.332 e. The van der Waals surface area contributed by atoms with Crippen LogP contribution in [0.1, 0.15) is 31.5 Å². The highest BCUT2D eigenvalue weighted by atomic mass is 16.5. The monoisotopic (exact) mass is 409 g/mol. The third-order valence-corrected chi connectivity index (χ3v) is 5.57. The zero-order valence-electron chi connectivity index (χ0n) is 18.0. The van der Waals surface area contributed by atoms with Crippen molar-refractivity contribution in [1.82, 2.24) is 23.1 Å². The molecule has 3 heterocycles. The van der Waals surface area contributed by atoms with Gasteiger partial charge in [0.25, 0.3) is 5.56 Å². The van der Waals surface area contributed by atoms with Crippen molar-refractivity contribution < 1.29 is 4.74 Å². The number of benzene rings is 1. The summed E-state index contributed by atoms with van der Waals surface area (Å²) in [5.41, 5.74) is 2.30. The standard InChI is InChI=1S/C22H27N5O3/c1-14(2)10-11-25-20(28)18-19(24(4)22(25)29)23-21-26(15(3)12-27(18)21)13-16-6-8-17(30-5)9-7-16/h6-9,12,14H,10-11,13H2,1-5H3. The highest BCUT2D eigenvalue weighted by Crippen LogP contribution is 2.19. The van der Waals surface area contributed by atoms with E-state index in [0.717, 1.165) is 23.4 Å². The van der Waals surface area contributed by atoms with Crippen molar-refractivity contribution in [2.75, 3.05) is 7.11 Å². The summed E-state index contributed by atoms with van der Waals surface area (Å²) in [6, 6.07) is 7.85. The van der Waals surface area contributed by atoms with E-state index in [1.165, 1.54) is 9.13 Å². The SMILES string of the molecule is COc1ccc(Cn2c(C)cn3c4c(=O)n(CCC(C)C)c(=O)n(C)c4nc23)cc1. The third kappa shape index (κ3) is 3.22. The van der Waals surface area contributed by atoms with Crippen LogP contribution in [0.15, 0.2) is 40.1 Å². The number of imidazole rings is 2. The lowest BCUT2D eigenvalue weighted by Gasteiger charge is -2.09. The molecule has 4 aromatic rings. The van der Waals surface area contributed by atoms with Crippen molar-refractivity contribution >= 4 is 16.9 Å². The van der Waals surface area contributed by atoms with Crippen LogP contribution >= 0.6 is 0 Å². The highest BCUT2D eigenvalue weighted by Gasteiger charge is 2.20. The van der Waals surface area contributed by atoms with E-state index >= 15 is 0 Å². The molecule has 30 heavy (non-hydrogen) atoms. The topological polar surface area (TPSA) is 75.5 Å². The first-order chi connectivity index (χ1) is 14.3. The molecule has 0 atom stereocenters. The second-order valence-electron chi connectivity index (χ2n) is 8.14. The van der Waals surface area contributed by atoms with Crippen LogP contribution in [-0.4, -0.2) is 30.2 Å². The normalized spacial score (nSPS) is 11.8. The molecule has 0 N–H and O–H groups in total. The molecule has 0 saturated carbocycles. The van der Waals surface area contributed by atoms with Gasteiger partial charge in [-0.2, -0.15) is 4.98 Å². The minimum atomic E-state index is -0.327. The molecule has 158 valence electrons. The molecule has 8 nitrogen and oxygen atoms in total. The number of ether oxygens (including phenoxy) is 1. The molecular weight excluding hydrogens is 382 g/mol. The van der Waals surface area contributed by atoms with Crippen LogP contribution in [0.2, 0.25) is 0 Å². The Morgan fingerprint density at radius 2 is 1.80 bits per heavy atom. The van der Waals surface area contributed by atoms with Gasteiger partial charge >= 0.3 is 5.69 Å². The molecule has 3 aromatic heterocycles. The molecule has 8 heteroatoms. The predicted molar refractivity (Wildman–Crippen MR) is 116 cm³/mol. The number of fused-ring (bicyclic) bond motifs is 3. The minimum Gasteiger partial charge on any atom is -0.497 e. The van der Waals surface area contributed by atoms with Gasteiger partial charge in [0.15, 0.2) is 11.2 Å². The number of aromatic nitrogens is 5. The van der Waals surface area contributed by atoms with Crippen molar-refractivity contribution in [3.05, 3.63) is 62.6 Å². The summed E-state index contributed by atoms with van der Waals surface area (Å²) in [5.74, 6) is 1.85. The van der Waals surface area contributed by atoms with Crippen molar-refractivity contribution in [1.29, 1.82) is 0 Å². The van der Waals surface area contributed by atoms with Crippen LogP contribution in [0.5, 0.6) is 5.75 Å². The zero-order valence-corrected chi connectivity index (χ0v) is 18.0. The molecule has 0 amide bonds. The number of nitrogens with zero attached hydrogens (tertiary/aromatic N) is 5. The average Bonchev–Trinajstić information content (AvgIpc) is 3.23. The quantitative estimate of drug-likeness (QED) is 0.491. The van der Waals surface area contributed by atoms with E-state index < -0.39 is 0 Å². The fourth-order valence-electron chi connectivity index (χ4n) is 3.75. The van der Waals surface area contributed by atoms with Gasteiger partial charge in [0.05, 0.1) is 13.7 Å². The van der Waals surface area contributed by atoms with Crippen LogP contribution in [-0.2, 0) is 20.1 Å². The molecule has 0 saturated heterocycles. The summed E-state index contributed by atoms with van der Waals surface area (Å²) in [7, 11) is 3.31. The Morgan fingerprint density at radius 1 is 1.10 bits per heavy atom. The van der Waals surface area contributed by atoms with Gasteiger partial charge in [-0.3, -0.25) is 18.3 Å².